The molecule has 0 aliphatic carbocycles. The normalized spacial score (nSPS) is 10.7. The first-order chi connectivity index (χ1) is 10.5. The van der Waals surface area contributed by atoms with E-state index in [1.165, 1.54) is 18.3 Å². The summed E-state index contributed by atoms with van der Waals surface area (Å²) >= 11 is 6.76. The third-order valence-corrected chi connectivity index (χ3v) is 3.81. The summed E-state index contributed by atoms with van der Waals surface area (Å²) in [6, 6.07) is 9.89. The molecule has 0 heterocycles. The average molecular weight is 428 g/mol. The van der Waals surface area contributed by atoms with Crippen molar-refractivity contribution >= 4 is 44.0 Å². The fourth-order valence-electron chi connectivity index (χ4n) is 1.78. The number of halogens is 2. The summed E-state index contributed by atoms with van der Waals surface area (Å²) in [5.74, 6) is 0.00381. The second-order valence-electron chi connectivity index (χ2n) is 4.23. The fraction of sp³-hybridized carbons (Fsp3) is 0.0667. The van der Waals surface area contributed by atoms with Crippen LogP contribution in [-0.4, -0.2) is 24.3 Å². The maximum atomic E-state index is 11.9. The van der Waals surface area contributed by atoms with Gasteiger partial charge in [-0.05, 0) is 40.2 Å². The molecule has 0 saturated carbocycles. The van der Waals surface area contributed by atoms with Crippen molar-refractivity contribution in [2.24, 2.45) is 5.10 Å². The average Bonchev–Trinajstić information content (AvgIpc) is 2.47. The Kier molecular flexibility index (Phi) is 5.57. The predicted octanol–water partition coefficient (Wildman–Crippen LogP) is 3.69. The summed E-state index contributed by atoms with van der Waals surface area (Å²) in [4.78, 5) is 11.9. The smallest absolute Gasteiger partial charge is 0.275 e. The number of hydrogen-bond acceptors (Lipinski definition) is 4. The van der Waals surface area contributed by atoms with Crippen LogP contribution in [0.15, 0.2) is 50.4 Å². The number of aromatic hydroxyl groups is 1. The van der Waals surface area contributed by atoms with Crippen LogP contribution in [0.25, 0.3) is 0 Å². The number of methoxy groups -OCH3 is 1. The van der Waals surface area contributed by atoms with Crippen molar-refractivity contribution < 1.29 is 14.6 Å². The van der Waals surface area contributed by atoms with Gasteiger partial charge in [-0.1, -0.05) is 28.1 Å². The molecule has 0 radical (unpaired) electrons. The van der Waals surface area contributed by atoms with Crippen LogP contribution in [0, 0.1) is 0 Å². The quantitative estimate of drug-likeness (QED) is 0.577. The largest absolute Gasteiger partial charge is 0.507 e. The molecule has 22 heavy (non-hydrogen) atoms. The molecule has 0 fully saturated rings. The number of phenols is 1. The topological polar surface area (TPSA) is 70.9 Å². The molecule has 0 aromatic heterocycles. The molecular weight excluding hydrogens is 416 g/mol. The number of carbonyl (C=O) groups excluding carboxylic acids is 1. The van der Waals surface area contributed by atoms with Crippen molar-refractivity contribution in [3.63, 3.8) is 0 Å². The van der Waals surface area contributed by atoms with E-state index in [0.29, 0.717) is 11.3 Å². The second kappa shape index (κ2) is 7.42. The van der Waals surface area contributed by atoms with Gasteiger partial charge in [-0.3, -0.25) is 4.79 Å². The molecule has 0 spiro atoms. The third-order valence-electron chi connectivity index (χ3n) is 2.76. The van der Waals surface area contributed by atoms with Crippen LogP contribution in [-0.2, 0) is 0 Å². The Labute approximate surface area is 144 Å². The molecule has 0 unspecified atom stereocenters. The van der Waals surface area contributed by atoms with Crippen LogP contribution in [0.1, 0.15) is 15.9 Å². The monoisotopic (exact) mass is 426 g/mol. The molecule has 114 valence electrons. The number of nitrogens with one attached hydrogen (secondary N) is 1. The maximum Gasteiger partial charge on any atom is 0.275 e. The molecule has 0 atom stereocenters. The van der Waals surface area contributed by atoms with Gasteiger partial charge in [0.05, 0.1) is 23.4 Å². The van der Waals surface area contributed by atoms with E-state index in [-0.39, 0.29) is 11.3 Å². The molecule has 2 aromatic rings. The van der Waals surface area contributed by atoms with E-state index in [1.54, 1.807) is 25.3 Å². The number of hydrogen-bond donors (Lipinski definition) is 2. The molecule has 2 rings (SSSR count). The van der Waals surface area contributed by atoms with Gasteiger partial charge in [0, 0.05) is 10.0 Å². The van der Waals surface area contributed by atoms with E-state index in [0.717, 1.165) is 8.95 Å². The number of carbonyl (C=O) groups is 1. The van der Waals surface area contributed by atoms with Gasteiger partial charge in [0.1, 0.15) is 11.5 Å². The van der Waals surface area contributed by atoms with Crippen LogP contribution < -0.4 is 10.2 Å². The lowest BCUT2D eigenvalue weighted by molar-refractivity contribution is 0.0952. The highest BCUT2D eigenvalue weighted by Gasteiger charge is 2.10. The summed E-state index contributed by atoms with van der Waals surface area (Å²) in [5, 5.41) is 13.5. The highest BCUT2D eigenvalue weighted by Crippen LogP contribution is 2.31. The Hall–Kier alpha value is -1.86. The van der Waals surface area contributed by atoms with E-state index in [9.17, 15) is 9.90 Å². The van der Waals surface area contributed by atoms with Gasteiger partial charge in [-0.15, -0.1) is 0 Å². The minimum Gasteiger partial charge on any atom is -0.507 e. The molecule has 2 aromatic carbocycles. The fourth-order valence-corrected chi connectivity index (χ4v) is 3.20. The lowest BCUT2D eigenvalue weighted by Gasteiger charge is -2.08. The zero-order chi connectivity index (χ0) is 16.1. The number of rotatable bonds is 4. The van der Waals surface area contributed by atoms with Crippen molar-refractivity contribution in [2.75, 3.05) is 7.11 Å². The maximum absolute atomic E-state index is 11.9. The molecule has 0 aliphatic heterocycles. The van der Waals surface area contributed by atoms with E-state index < -0.39 is 5.91 Å². The first kappa shape index (κ1) is 16.5. The van der Waals surface area contributed by atoms with Gasteiger partial charge in [0.25, 0.3) is 5.91 Å². The van der Waals surface area contributed by atoms with Crippen molar-refractivity contribution in [1.82, 2.24) is 5.43 Å². The number of benzene rings is 2. The Morgan fingerprint density at radius 1 is 1.32 bits per heavy atom. The molecule has 1 amide bonds. The highest BCUT2D eigenvalue weighted by atomic mass is 79.9. The summed E-state index contributed by atoms with van der Waals surface area (Å²) in [7, 11) is 1.55. The van der Waals surface area contributed by atoms with E-state index >= 15 is 0 Å². The van der Waals surface area contributed by atoms with E-state index in [2.05, 4.69) is 42.4 Å². The number of phenolic OH excluding ortho intramolecular Hbond substituents is 1. The minimum atomic E-state index is -0.498. The zero-order valence-corrected chi connectivity index (χ0v) is 14.7. The van der Waals surface area contributed by atoms with Crippen molar-refractivity contribution in [1.29, 1.82) is 0 Å². The van der Waals surface area contributed by atoms with Gasteiger partial charge < -0.3 is 9.84 Å². The zero-order valence-electron chi connectivity index (χ0n) is 11.5. The summed E-state index contributed by atoms with van der Waals surface area (Å²) in [5.41, 5.74) is 3.20. The first-order valence-electron chi connectivity index (χ1n) is 6.17. The minimum absolute atomic E-state index is 0.0991. The summed E-state index contributed by atoms with van der Waals surface area (Å²) in [6.45, 7) is 0. The van der Waals surface area contributed by atoms with E-state index in [1.807, 2.05) is 6.07 Å². The van der Waals surface area contributed by atoms with Gasteiger partial charge in [-0.25, -0.2) is 5.43 Å². The second-order valence-corrected chi connectivity index (χ2v) is 6.00. The summed E-state index contributed by atoms with van der Waals surface area (Å²) in [6.07, 6.45) is 1.46. The first-order valence-corrected chi connectivity index (χ1v) is 7.76. The van der Waals surface area contributed by atoms with Crippen LogP contribution in [0.5, 0.6) is 11.5 Å². The van der Waals surface area contributed by atoms with Crippen LogP contribution in [0.3, 0.4) is 0 Å². The Morgan fingerprint density at radius 3 is 2.73 bits per heavy atom. The lowest BCUT2D eigenvalue weighted by atomic mass is 10.2. The van der Waals surface area contributed by atoms with Gasteiger partial charge in [0.2, 0.25) is 0 Å². The molecule has 0 bridgehead atoms. The number of para-hydroxylation sites is 1. The number of amides is 1. The Balaban J connectivity index is 2.17. The lowest BCUT2D eigenvalue weighted by Crippen LogP contribution is -2.17. The van der Waals surface area contributed by atoms with Crippen molar-refractivity contribution in [2.45, 2.75) is 0 Å². The Morgan fingerprint density at radius 2 is 2.05 bits per heavy atom. The molecule has 0 saturated heterocycles. The number of ether oxygens (including phenoxy) is 1. The molecular formula is C15H12Br2N2O3. The van der Waals surface area contributed by atoms with Crippen LogP contribution in [0.2, 0.25) is 0 Å². The van der Waals surface area contributed by atoms with Gasteiger partial charge in [0.15, 0.2) is 0 Å². The highest BCUT2D eigenvalue weighted by molar-refractivity contribution is 9.11. The van der Waals surface area contributed by atoms with Crippen LogP contribution >= 0.6 is 31.9 Å². The molecule has 2 N–H and O–H groups in total. The third kappa shape index (κ3) is 3.86. The van der Waals surface area contributed by atoms with Gasteiger partial charge in [-0.2, -0.15) is 5.10 Å². The molecule has 7 heteroatoms. The number of nitrogens with zero attached hydrogens (tertiary/aromatic N) is 1. The number of hydrazone groups is 1. The summed E-state index contributed by atoms with van der Waals surface area (Å²) < 4.78 is 6.88. The van der Waals surface area contributed by atoms with E-state index in [4.69, 9.17) is 4.74 Å². The predicted molar refractivity (Wildman–Crippen MR) is 91.6 cm³/mol. The molecule has 0 aliphatic rings. The standard InChI is InChI=1S/C15H12Br2N2O3/c1-22-14-9(6-10(16)7-12(14)17)8-18-19-15(21)11-4-2-3-5-13(11)20/h2-8,20H,1H3,(H,19,21)/b18-8+. The van der Waals surface area contributed by atoms with Gasteiger partial charge >= 0.3 is 0 Å². The van der Waals surface area contributed by atoms with Crippen LogP contribution in [0.4, 0.5) is 0 Å². The Bertz CT molecular complexity index is 733. The van der Waals surface area contributed by atoms with Crippen molar-refractivity contribution in [3.8, 4) is 11.5 Å². The molecule has 5 nitrogen and oxygen atoms in total. The van der Waals surface area contributed by atoms with Crippen molar-refractivity contribution in [3.05, 3.63) is 56.5 Å². The SMILES string of the molecule is COc1c(Br)cc(Br)cc1/C=N/NC(=O)c1ccccc1O.